The standard InChI is InChI=1S/C6H12O6.Al.O.H/c7-1-3(9)5(11)6(12)4(10)2-8;;;/h1,3-6,8-12H,2H2;;;/t3-,4+,5+,6+;;;/m0.../s1. The quantitative estimate of drug-likeness (QED) is 0.236. The molecule has 0 unspecified atom stereocenters. The molecule has 0 radical (unpaired) electrons. The number of aliphatic hydroxyl groups excluding tert-OH is 5. The fraction of sp³-hybridized carbons (Fsp3) is 0.833. The molecule has 82 valence electrons. The van der Waals surface area contributed by atoms with E-state index in [0.29, 0.717) is 16.2 Å². The van der Waals surface area contributed by atoms with Gasteiger partial charge in [0.05, 0.1) is 6.61 Å². The molecular formula is C6H13AlO7. The summed E-state index contributed by atoms with van der Waals surface area (Å²) in [5, 5.41) is 43.5. The zero-order valence-corrected chi connectivity index (χ0v) is 8.77. The molecule has 0 saturated carbocycles. The number of carbonyl (C=O) groups excluding carboxylic acids is 1. The van der Waals surface area contributed by atoms with Crippen LogP contribution in [-0.4, -0.2) is 79.1 Å². The van der Waals surface area contributed by atoms with Crippen LogP contribution in [0.3, 0.4) is 0 Å². The maximum absolute atomic E-state index is 9.90. The molecule has 0 aromatic carbocycles. The summed E-state index contributed by atoms with van der Waals surface area (Å²) in [6.07, 6.45) is -6.84. The van der Waals surface area contributed by atoms with Gasteiger partial charge in [-0.3, -0.25) is 0 Å². The molecule has 0 heterocycles. The van der Waals surface area contributed by atoms with E-state index < -0.39 is 31.0 Å². The van der Waals surface area contributed by atoms with Gasteiger partial charge in [-0.25, -0.2) is 0 Å². The summed E-state index contributed by atoms with van der Waals surface area (Å²) >= 11 is 0.611. The molecule has 0 saturated heterocycles. The third kappa shape index (κ3) is 5.52. The molecule has 0 aliphatic heterocycles. The summed E-state index contributed by atoms with van der Waals surface area (Å²) in [5.74, 6) is 0. The second-order valence-corrected chi connectivity index (χ2v) is 2.36. The molecule has 8 heteroatoms. The summed E-state index contributed by atoms with van der Waals surface area (Å²) in [7, 11) is 0. The van der Waals surface area contributed by atoms with Gasteiger partial charge in [-0.1, -0.05) is 0 Å². The van der Waals surface area contributed by atoms with E-state index >= 15 is 0 Å². The summed E-state index contributed by atoms with van der Waals surface area (Å²) in [4.78, 5) is 9.90. The Bertz CT molecular complexity index is 155. The Morgan fingerprint density at radius 3 is 1.79 bits per heavy atom. The predicted molar refractivity (Wildman–Crippen MR) is 45.0 cm³/mol. The minimum atomic E-state index is -1.79. The summed E-state index contributed by atoms with van der Waals surface area (Å²) in [5.41, 5.74) is 0. The molecule has 0 aliphatic carbocycles. The Morgan fingerprint density at radius 2 is 1.50 bits per heavy atom. The van der Waals surface area contributed by atoms with Crippen LogP contribution in [0.15, 0.2) is 0 Å². The second kappa shape index (κ2) is 9.36. The van der Waals surface area contributed by atoms with Crippen LogP contribution in [0.25, 0.3) is 0 Å². The van der Waals surface area contributed by atoms with Crippen molar-refractivity contribution >= 4 is 22.5 Å². The van der Waals surface area contributed by atoms with E-state index in [1.807, 2.05) is 0 Å². The molecule has 4 atom stereocenters. The van der Waals surface area contributed by atoms with Crippen molar-refractivity contribution in [1.29, 1.82) is 0 Å². The summed E-state index contributed by atoms with van der Waals surface area (Å²) < 4.78 is 8.28. The van der Waals surface area contributed by atoms with Crippen molar-refractivity contribution in [2.75, 3.05) is 6.61 Å². The SMILES string of the molecule is O=C[C@H](O)[C@@H](O)[C@H](O)[C@H](O)CO.[O]=[AlH]. The Kier molecular flexibility index (Phi) is 10.9. The van der Waals surface area contributed by atoms with Gasteiger partial charge in [0.2, 0.25) is 0 Å². The van der Waals surface area contributed by atoms with Crippen molar-refractivity contribution in [3.05, 3.63) is 0 Å². The van der Waals surface area contributed by atoms with Gasteiger partial charge in [-0.15, -0.1) is 0 Å². The van der Waals surface area contributed by atoms with Gasteiger partial charge in [0.25, 0.3) is 0 Å². The Morgan fingerprint density at radius 1 is 1.07 bits per heavy atom. The minimum absolute atomic E-state index is 0.0258. The van der Waals surface area contributed by atoms with Crippen molar-refractivity contribution in [2.24, 2.45) is 0 Å². The van der Waals surface area contributed by atoms with Crippen LogP contribution in [0.2, 0.25) is 0 Å². The van der Waals surface area contributed by atoms with Gasteiger partial charge in [0.1, 0.15) is 24.4 Å². The predicted octanol–water partition coefficient (Wildman–Crippen LogP) is -4.15. The first-order valence-electron chi connectivity index (χ1n) is 3.61. The van der Waals surface area contributed by atoms with Gasteiger partial charge in [-0.05, 0) is 0 Å². The topological polar surface area (TPSA) is 135 Å². The molecule has 5 N–H and O–H groups in total. The molecule has 0 aliphatic rings. The molecule has 0 spiro atoms. The van der Waals surface area contributed by atoms with Crippen molar-refractivity contribution in [3.8, 4) is 0 Å². The van der Waals surface area contributed by atoms with Crippen LogP contribution in [0.4, 0.5) is 0 Å². The first-order valence-corrected chi connectivity index (χ1v) is 4.19. The molecular weight excluding hydrogens is 211 g/mol. The molecule has 0 fully saturated rings. The zero-order valence-electron chi connectivity index (χ0n) is 7.35. The van der Waals surface area contributed by atoms with Crippen molar-refractivity contribution in [1.82, 2.24) is 0 Å². The van der Waals surface area contributed by atoms with Gasteiger partial charge >= 0.3 is 20.0 Å². The van der Waals surface area contributed by atoms with Gasteiger partial charge in [0.15, 0.2) is 6.29 Å². The van der Waals surface area contributed by atoms with Crippen LogP contribution in [0.5, 0.6) is 0 Å². The Balaban J connectivity index is 0. The second-order valence-electron chi connectivity index (χ2n) is 2.36. The molecule has 0 aromatic rings. The molecule has 14 heavy (non-hydrogen) atoms. The molecule has 0 amide bonds. The summed E-state index contributed by atoms with van der Waals surface area (Å²) in [6.45, 7) is -0.760. The van der Waals surface area contributed by atoms with Gasteiger partial charge in [-0.2, -0.15) is 0 Å². The Labute approximate surface area is 88.2 Å². The van der Waals surface area contributed by atoms with Crippen molar-refractivity contribution in [2.45, 2.75) is 24.4 Å². The van der Waals surface area contributed by atoms with Crippen molar-refractivity contribution < 1.29 is 34.1 Å². The van der Waals surface area contributed by atoms with Gasteiger partial charge < -0.3 is 30.3 Å². The van der Waals surface area contributed by atoms with Crippen LogP contribution in [-0.2, 0) is 8.60 Å². The summed E-state index contributed by atoms with van der Waals surface area (Å²) in [6, 6.07) is 0. The van der Waals surface area contributed by atoms with Crippen molar-refractivity contribution in [3.63, 3.8) is 0 Å². The van der Waals surface area contributed by atoms with E-state index in [1.54, 1.807) is 0 Å². The third-order valence-electron chi connectivity index (χ3n) is 1.42. The van der Waals surface area contributed by atoms with E-state index in [4.69, 9.17) is 29.3 Å². The Hall–Kier alpha value is -0.198. The number of hydrogen-bond acceptors (Lipinski definition) is 7. The zero-order chi connectivity index (χ0) is 11.7. The fourth-order valence-corrected chi connectivity index (χ4v) is 0.618. The number of aldehydes is 1. The fourth-order valence-electron chi connectivity index (χ4n) is 0.618. The molecule has 0 bridgehead atoms. The van der Waals surface area contributed by atoms with Crippen LogP contribution in [0.1, 0.15) is 0 Å². The van der Waals surface area contributed by atoms with E-state index in [1.165, 1.54) is 0 Å². The first kappa shape index (κ1) is 16.2. The number of rotatable bonds is 5. The number of carbonyl (C=O) groups is 1. The average molecular weight is 224 g/mol. The van der Waals surface area contributed by atoms with Crippen LogP contribution >= 0.6 is 0 Å². The van der Waals surface area contributed by atoms with E-state index in [-0.39, 0.29) is 6.29 Å². The number of hydrogen-bond donors (Lipinski definition) is 5. The van der Waals surface area contributed by atoms with E-state index in [9.17, 15) is 4.79 Å². The average Bonchev–Trinajstić information content (AvgIpc) is 2.27. The molecule has 0 aromatic heterocycles. The maximum atomic E-state index is 9.90. The monoisotopic (exact) mass is 224 g/mol. The first-order chi connectivity index (χ1) is 6.54. The van der Waals surface area contributed by atoms with E-state index in [2.05, 4.69) is 0 Å². The normalized spacial score (nSPS) is 18.3. The van der Waals surface area contributed by atoms with Crippen LogP contribution in [0, 0.1) is 0 Å². The molecule has 7 nitrogen and oxygen atoms in total. The third-order valence-corrected chi connectivity index (χ3v) is 1.42. The van der Waals surface area contributed by atoms with Gasteiger partial charge in [0, 0.05) is 0 Å². The molecule has 0 rings (SSSR count). The van der Waals surface area contributed by atoms with E-state index in [0.717, 1.165) is 0 Å². The number of aliphatic hydroxyl groups is 5. The van der Waals surface area contributed by atoms with Crippen LogP contribution < -0.4 is 0 Å².